The Bertz CT molecular complexity index is 1010. The van der Waals surface area contributed by atoms with Crippen LogP contribution in [0.2, 0.25) is 0 Å². The summed E-state index contributed by atoms with van der Waals surface area (Å²) < 4.78 is 3.06. The van der Waals surface area contributed by atoms with Crippen molar-refractivity contribution >= 4 is 5.78 Å². The molecule has 25 heavy (non-hydrogen) atoms. The zero-order valence-electron chi connectivity index (χ0n) is 13.7. The number of Topliss-reactive ketones (excluding diaryl/α,β-unsaturated/α-hetero) is 1. The van der Waals surface area contributed by atoms with Crippen molar-refractivity contribution in [3.05, 3.63) is 81.8 Å². The van der Waals surface area contributed by atoms with Gasteiger partial charge in [-0.1, -0.05) is 12.0 Å². The summed E-state index contributed by atoms with van der Waals surface area (Å²) in [7, 11) is 0. The molecule has 3 aromatic heterocycles. The van der Waals surface area contributed by atoms with E-state index in [9.17, 15) is 9.59 Å². The molecular weight excluding hydrogens is 316 g/mol. The molecule has 0 bridgehead atoms. The highest BCUT2D eigenvalue weighted by molar-refractivity contribution is 5.96. The van der Waals surface area contributed by atoms with Gasteiger partial charge in [0.15, 0.2) is 5.78 Å². The summed E-state index contributed by atoms with van der Waals surface area (Å²) in [6.45, 7) is 2.28. The Balaban J connectivity index is 1.82. The lowest BCUT2D eigenvalue weighted by atomic mass is 10.1. The molecule has 0 unspecified atom stereocenters. The van der Waals surface area contributed by atoms with Gasteiger partial charge in [-0.25, -0.2) is 0 Å². The Morgan fingerprint density at radius 3 is 2.84 bits per heavy atom. The maximum Gasteiger partial charge on any atom is 0.251 e. The Morgan fingerprint density at radius 2 is 2.12 bits per heavy atom. The van der Waals surface area contributed by atoms with Gasteiger partial charge in [-0.2, -0.15) is 5.10 Å². The summed E-state index contributed by atoms with van der Waals surface area (Å²) >= 11 is 0. The normalized spacial score (nSPS) is 10.4. The van der Waals surface area contributed by atoms with Crippen LogP contribution in [0.3, 0.4) is 0 Å². The van der Waals surface area contributed by atoms with Crippen LogP contribution in [-0.2, 0) is 13.1 Å². The first-order chi connectivity index (χ1) is 12.1. The van der Waals surface area contributed by atoms with Crippen LogP contribution in [0.1, 0.15) is 27.2 Å². The van der Waals surface area contributed by atoms with Crippen molar-refractivity contribution in [1.82, 2.24) is 19.3 Å². The third-order valence-electron chi connectivity index (χ3n) is 3.92. The van der Waals surface area contributed by atoms with Crippen molar-refractivity contribution < 1.29 is 4.79 Å². The van der Waals surface area contributed by atoms with Gasteiger partial charge in [-0.3, -0.25) is 19.3 Å². The molecule has 0 aliphatic heterocycles. The Hall–Kier alpha value is -3.46. The summed E-state index contributed by atoms with van der Waals surface area (Å²) in [6, 6.07) is 6.72. The number of rotatable bonds is 5. The number of hydrogen-bond donors (Lipinski definition) is 0. The Kier molecular flexibility index (Phi) is 4.57. The molecule has 3 aromatic rings. The molecule has 0 aliphatic carbocycles. The maximum atomic E-state index is 12.6. The third kappa shape index (κ3) is 3.56. The Morgan fingerprint density at radius 1 is 1.28 bits per heavy atom. The SMILES string of the molecule is C#Cc1ccc(=O)n(CC(=O)c2cnn(Cc3cccnc3)c2C)c1. The number of nitrogens with zero attached hydrogens (tertiary/aromatic N) is 4. The van der Waals surface area contributed by atoms with Crippen molar-refractivity contribution in [1.29, 1.82) is 0 Å². The summed E-state index contributed by atoms with van der Waals surface area (Å²) in [6.07, 6.45) is 11.8. The lowest BCUT2D eigenvalue weighted by Gasteiger charge is -2.07. The number of carbonyl (C=O) groups excluding carboxylic acids is 1. The first-order valence-electron chi connectivity index (χ1n) is 7.70. The van der Waals surface area contributed by atoms with Crippen LogP contribution in [0.4, 0.5) is 0 Å². The van der Waals surface area contributed by atoms with Crippen molar-refractivity contribution in [3.8, 4) is 12.3 Å². The molecule has 0 spiro atoms. The minimum absolute atomic E-state index is 0.0756. The van der Waals surface area contributed by atoms with Crippen LogP contribution in [0.25, 0.3) is 0 Å². The van der Waals surface area contributed by atoms with Gasteiger partial charge in [-0.15, -0.1) is 6.42 Å². The predicted octanol–water partition coefficient (Wildman–Crippen LogP) is 1.66. The number of terminal acetylenes is 1. The van der Waals surface area contributed by atoms with E-state index in [4.69, 9.17) is 6.42 Å². The van der Waals surface area contributed by atoms with E-state index in [0.29, 0.717) is 17.7 Å². The van der Waals surface area contributed by atoms with Gasteiger partial charge in [-0.05, 0) is 24.6 Å². The molecule has 0 aliphatic rings. The molecule has 0 fully saturated rings. The number of aromatic nitrogens is 4. The second-order valence-electron chi connectivity index (χ2n) is 5.61. The largest absolute Gasteiger partial charge is 0.306 e. The third-order valence-corrected chi connectivity index (χ3v) is 3.92. The summed E-state index contributed by atoms with van der Waals surface area (Å²) in [5.74, 6) is 2.27. The van der Waals surface area contributed by atoms with E-state index >= 15 is 0 Å². The monoisotopic (exact) mass is 332 g/mol. The standard InChI is InChI=1S/C19H16N4O2/c1-3-15-6-7-19(25)22(11-15)13-18(24)17-10-21-23(14(17)2)12-16-5-4-8-20-9-16/h1,4-11H,12-13H2,2H3. The maximum absolute atomic E-state index is 12.6. The van der Waals surface area contributed by atoms with Crippen LogP contribution < -0.4 is 5.56 Å². The number of hydrogen-bond acceptors (Lipinski definition) is 4. The van der Waals surface area contributed by atoms with Crippen LogP contribution in [0.5, 0.6) is 0 Å². The average molecular weight is 332 g/mol. The van der Waals surface area contributed by atoms with Gasteiger partial charge < -0.3 is 4.57 Å². The molecule has 6 nitrogen and oxygen atoms in total. The van der Waals surface area contributed by atoms with Crippen molar-refractivity contribution in [2.75, 3.05) is 0 Å². The number of pyridine rings is 2. The fraction of sp³-hybridized carbons (Fsp3) is 0.158. The minimum atomic E-state index is -0.271. The zero-order chi connectivity index (χ0) is 17.8. The highest BCUT2D eigenvalue weighted by atomic mass is 16.1. The molecule has 0 radical (unpaired) electrons. The molecule has 6 heteroatoms. The smallest absolute Gasteiger partial charge is 0.251 e. The molecule has 0 atom stereocenters. The quantitative estimate of drug-likeness (QED) is 0.526. The molecule has 3 rings (SSSR count). The number of ketones is 1. The summed E-state index contributed by atoms with van der Waals surface area (Å²) in [5.41, 5.74) is 2.51. The van der Waals surface area contributed by atoms with E-state index in [-0.39, 0.29) is 17.9 Å². The minimum Gasteiger partial charge on any atom is -0.306 e. The van der Waals surface area contributed by atoms with Crippen molar-refractivity contribution in [2.24, 2.45) is 0 Å². The van der Waals surface area contributed by atoms with Gasteiger partial charge in [0, 0.05) is 35.9 Å². The van der Waals surface area contributed by atoms with Gasteiger partial charge >= 0.3 is 0 Å². The van der Waals surface area contributed by atoms with Gasteiger partial charge in [0.1, 0.15) is 0 Å². The molecule has 124 valence electrons. The predicted molar refractivity (Wildman–Crippen MR) is 93.3 cm³/mol. The molecule has 0 saturated heterocycles. The molecule has 0 aromatic carbocycles. The van der Waals surface area contributed by atoms with E-state index in [0.717, 1.165) is 11.3 Å². The highest BCUT2D eigenvalue weighted by Crippen LogP contribution is 2.11. The van der Waals surface area contributed by atoms with Crippen LogP contribution >= 0.6 is 0 Å². The fourth-order valence-electron chi connectivity index (χ4n) is 2.52. The van der Waals surface area contributed by atoms with Gasteiger partial charge in [0.25, 0.3) is 5.56 Å². The van der Waals surface area contributed by atoms with Crippen LogP contribution in [0, 0.1) is 19.3 Å². The van der Waals surface area contributed by atoms with Crippen LogP contribution in [-0.4, -0.2) is 25.1 Å². The molecular formula is C19H16N4O2. The fourth-order valence-corrected chi connectivity index (χ4v) is 2.52. The van der Waals surface area contributed by atoms with Crippen molar-refractivity contribution in [2.45, 2.75) is 20.0 Å². The first kappa shape index (κ1) is 16.4. The van der Waals surface area contributed by atoms with E-state index in [1.54, 1.807) is 23.1 Å². The van der Waals surface area contributed by atoms with Gasteiger partial charge in [0.2, 0.25) is 0 Å². The summed E-state index contributed by atoms with van der Waals surface area (Å²) in [5, 5.41) is 4.28. The van der Waals surface area contributed by atoms with E-state index in [2.05, 4.69) is 16.0 Å². The second-order valence-corrected chi connectivity index (χ2v) is 5.61. The van der Waals surface area contributed by atoms with E-state index < -0.39 is 0 Å². The first-order valence-corrected chi connectivity index (χ1v) is 7.70. The van der Waals surface area contributed by atoms with E-state index in [1.165, 1.54) is 23.0 Å². The highest BCUT2D eigenvalue weighted by Gasteiger charge is 2.15. The lowest BCUT2D eigenvalue weighted by molar-refractivity contribution is 0.0970. The molecule has 0 N–H and O–H groups in total. The Labute approximate surface area is 144 Å². The lowest BCUT2D eigenvalue weighted by Crippen LogP contribution is -2.23. The second kappa shape index (κ2) is 6.97. The summed E-state index contributed by atoms with van der Waals surface area (Å²) in [4.78, 5) is 28.5. The van der Waals surface area contributed by atoms with E-state index in [1.807, 2.05) is 19.1 Å². The van der Waals surface area contributed by atoms with Crippen molar-refractivity contribution in [3.63, 3.8) is 0 Å². The molecule has 0 saturated carbocycles. The number of carbonyl (C=O) groups is 1. The zero-order valence-corrected chi connectivity index (χ0v) is 13.7. The topological polar surface area (TPSA) is 69.8 Å². The van der Waals surface area contributed by atoms with Gasteiger partial charge in [0.05, 0.1) is 24.8 Å². The van der Waals surface area contributed by atoms with Crippen LogP contribution in [0.15, 0.2) is 53.8 Å². The average Bonchev–Trinajstić information content (AvgIpc) is 2.98. The molecule has 0 amide bonds. The molecule has 3 heterocycles.